The summed E-state index contributed by atoms with van der Waals surface area (Å²) in [6.07, 6.45) is 3.50. The Hall–Kier alpha value is -0.860. The molecule has 2 rings (SSSR count). The predicted molar refractivity (Wildman–Crippen MR) is 75.5 cm³/mol. The number of carbonyl (C=O) groups is 1. The molecular formula is C13H15BrN2OS. The van der Waals surface area contributed by atoms with Crippen molar-refractivity contribution < 1.29 is 4.79 Å². The molecule has 1 fully saturated rings. The standard InChI is InChI=1S/C13H15BrN2OS/c1-9-2-5-13(8-15,6-3-9)16-12(17)11-10(14)4-7-18-11/h4,7,9H,2-3,5-6H2,1H3,(H,16,17). The first-order valence-electron chi connectivity index (χ1n) is 6.03. The third kappa shape index (κ3) is 2.76. The maximum atomic E-state index is 12.2. The van der Waals surface area contributed by atoms with Gasteiger partial charge in [0.25, 0.3) is 5.91 Å². The summed E-state index contributed by atoms with van der Waals surface area (Å²) < 4.78 is 0.794. The summed E-state index contributed by atoms with van der Waals surface area (Å²) in [5.74, 6) is 0.504. The number of rotatable bonds is 2. The third-order valence-corrected chi connectivity index (χ3v) is 5.35. The molecule has 0 radical (unpaired) electrons. The van der Waals surface area contributed by atoms with Gasteiger partial charge in [0.05, 0.1) is 6.07 Å². The zero-order chi connectivity index (χ0) is 13.2. The van der Waals surface area contributed by atoms with Crippen LogP contribution < -0.4 is 5.32 Å². The fourth-order valence-corrected chi connectivity index (χ4v) is 3.70. The minimum absolute atomic E-state index is 0.145. The number of hydrogen-bond donors (Lipinski definition) is 1. The molecule has 5 heteroatoms. The van der Waals surface area contributed by atoms with Crippen molar-refractivity contribution >= 4 is 33.2 Å². The van der Waals surface area contributed by atoms with Gasteiger partial charge in [-0.3, -0.25) is 4.79 Å². The Morgan fingerprint density at radius 3 is 2.78 bits per heavy atom. The van der Waals surface area contributed by atoms with Crippen LogP contribution in [-0.4, -0.2) is 11.4 Å². The normalized spacial score (nSPS) is 27.5. The lowest BCUT2D eigenvalue weighted by atomic mass is 9.78. The SMILES string of the molecule is CC1CCC(C#N)(NC(=O)c2sccc2Br)CC1. The van der Waals surface area contributed by atoms with Gasteiger partial charge in [0, 0.05) is 4.47 Å². The molecule has 0 bridgehead atoms. The van der Waals surface area contributed by atoms with E-state index in [9.17, 15) is 10.1 Å². The van der Waals surface area contributed by atoms with Gasteiger partial charge in [-0.1, -0.05) is 6.92 Å². The minimum Gasteiger partial charge on any atom is -0.333 e. The molecule has 96 valence electrons. The summed E-state index contributed by atoms with van der Waals surface area (Å²) >= 11 is 4.74. The van der Waals surface area contributed by atoms with Gasteiger partial charge in [0.15, 0.2) is 0 Å². The molecule has 1 saturated carbocycles. The van der Waals surface area contributed by atoms with Crippen LogP contribution in [0.4, 0.5) is 0 Å². The summed E-state index contributed by atoms with van der Waals surface area (Å²) in [6.45, 7) is 2.19. The molecule has 1 N–H and O–H groups in total. The molecule has 1 aliphatic rings. The van der Waals surface area contributed by atoms with Crippen LogP contribution in [0.3, 0.4) is 0 Å². The van der Waals surface area contributed by atoms with E-state index >= 15 is 0 Å². The number of amides is 1. The molecule has 1 heterocycles. The zero-order valence-electron chi connectivity index (χ0n) is 10.2. The highest BCUT2D eigenvalue weighted by molar-refractivity contribution is 9.10. The van der Waals surface area contributed by atoms with Crippen molar-refractivity contribution in [3.05, 3.63) is 20.8 Å². The number of nitrogens with zero attached hydrogens (tertiary/aromatic N) is 1. The van der Waals surface area contributed by atoms with Crippen LogP contribution in [0.15, 0.2) is 15.9 Å². The van der Waals surface area contributed by atoms with Gasteiger partial charge in [-0.2, -0.15) is 5.26 Å². The van der Waals surface area contributed by atoms with Gasteiger partial charge in [-0.25, -0.2) is 0 Å². The van der Waals surface area contributed by atoms with E-state index in [4.69, 9.17) is 0 Å². The predicted octanol–water partition coefficient (Wildman–Crippen LogP) is 3.71. The monoisotopic (exact) mass is 326 g/mol. The van der Waals surface area contributed by atoms with Crippen molar-refractivity contribution in [2.24, 2.45) is 5.92 Å². The molecule has 0 aromatic carbocycles. The van der Waals surface area contributed by atoms with Gasteiger partial charge < -0.3 is 5.32 Å². The Labute approximate surface area is 119 Å². The van der Waals surface area contributed by atoms with Crippen molar-refractivity contribution in [3.8, 4) is 6.07 Å². The largest absolute Gasteiger partial charge is 0.333 e. The Morgan fingerprint density at radius 1 is 1.61 bits per heavy atom. The molecule has 1 amide bonds. The lowest BCUT2D eigenvalue weighted by Crippen LogP contribution is -2.49. The van der Waals surface area contributed by atoms with Crippen molar-refractivity contribution in [2.75, 3.05) is 0 Å². The second-order valence-electron chi connectivity index (χ2n) is 4.93. The number of nitriles is 1. The molecule has 1 aromatic rings. The van der Waals surface area contributed by atoms with Crippen LogP contribution in [0, 0.1) is 17.2 Å². The van der Waals surface area contributed by atoms with Crippen LogP contribution in [0.5, 0.6) is 0 Å². The number of nitrogens with one attached hydrogen (secondary N) is 1. The smallest absolute Gasteiger partial charge is 0.263 e. The van der Waals surface area contributed by atoms with Crippen molar-refractivity contribution in [3.63, 3.8) is 0 Å². The highest BCUT2D eigenvalue weighted by Gasteiger charge is 2.36. The molecule has 1 aromatic heterocycles. The Morgan fingerprint density at radius 2 is 2.28 bits per heavy atom. The molecule has 0 aliphatic heterocycles. The molecule has 1 aliphatic carbocycles. The maximum absolute atomic E-state index is 12.2. The number of halogens is 1. The fourth-order valence-electron chi connectivity index (χ4n) is 2.25. The average molecular weight is 327 g/mol. The van der Waals surface area contributed by atoms with Crippen molar-refractivity contribution in [1.82, 2.24) is 5.32 Å². The van der Waals surface area contributed by atoms with Gasteiger partial charge in [0.2, 0.25) is 0 Å². The van der Waals surface area contributed by atoms with Crippen LogP contribution in [0.25, 0.3) is 0 Å². The van der Waals surface area contributed by atoms with Crippen molar-refractivity contribution in [2.45, 2.75) is 38.1 Å². The molecule has 0 unspecified atom stereocenters. The maximum Gasteiger partial charge on any atom is 0.263 e. The summed E-state index contributed by atoms with van der Waals surface area (Å²) in [5, 5.41) is 14.2. The summed E-state index contributed by atoms with van der Waals surface area (Å²) in [6, 6.07) is 4.16. The van der Waals surface area contributed by atoms with E-state index in [1.807, 2.05) is 11.4 Å². The summed E-state index contributed by atoms with van der Waals surface area (Å²) in [4.78, 5) is 12.8. The lowest BCUT2D eigenvalue weighted by molar-refractivity contribution is 0.0897. The first-order chi connectivity index (χ1) is 8.56. The second kappa shape index (κ2) is 5.41. The molecule has 0 spiro atoms. The van der Waals surface area contributed by atoms with Crippen LogP contribution >= 0.6 is 27.3 Å². The molecule has 0 atom stereocenters. The third-order valence-electron chi connectivity index (χ3n) is 3.52. The quantitative estimate of drug-likeness (QED) is 0.900. The zero-order valence-corrected chi connectivity index (χ0v) is 12.6. The van der Waals surface area contributed by atoms with Crippen LogP contribution in [0.1, 0.15) is 42.3 Å². The fraction of sp³-hybridized carbons (Fsp3) is 0.538. The van der Waals surface area contributed by atoms with E-state index in [1.165, 1.54) is 11.3 Å². The second-order valence-corrected chi connectivity index (χ2v) is 6.70. The Balaban J connectivity index is 2.10. The molecule has 0 saturated heterocycles. The van der Waals surface area contributed by atoms with E-state index in [0.29, 0.717) is 10.8 Å². The van der Waals surface area contributed by atoms with Crippen LogP contribution in [0.2, 0.25) is 0 Å². The minimum atomic E-state index is -0.674. The Kier molecular flexibility index (Phi) is 4.08. The van der Waals surface area contributed by atoms with Crippen LogP contribution in [-0.2, 0) is 0 Å². The summed E-state index contributed by atoms with van der Waals surface area (Å²) in [5.41, 5.74) is -0.674. The molecular weight excluding hydrogens is 312 g/mol. The van der Waals surface area contributed by atoms with E-state index in [2.05, 4.69) is 34.2 Å². The van der Waals surface area contributed by atoms with Gasteiger partial charge in [-0.15, -0.1) is 11.3 Å². The average Bonchev–Trinajstić information content (AvgIpc) is 2.79. The van der Waals surface area contributed by atoms with E-state index in [-0.39, 0.29) is 5.91 Å². The number of thiophene rings is 1. The van der Waals surface area contributed by atoms with E-state index in [0.717, 1.165) is 30.2 Å². The number of carbonyl (C=O) groups excluding carboxylic acids is 1. The topological polar surface area (TPSA) is 52.9 Å². The first kappa shape index (κ1) is 13.6. The van der Waals surface area contributed by atoms with Crippen molar-refractivity contribution in [1.29, 1.82) is 5.26 Å². The molecule has 3 nitrogen and oxygen atoms in total. The highest BCUT2D eigenvalue weighted by atomic mass is 79.9. The first-order valence-corrected chi connectivity index (χ1v) is 7.70. The van der Waals surface area contributed by atoms with E-state index in [1.54, 1.807) is 0 Å². The van der Waals surface area contributed by atoms with E-state index < -0.39 is 5.54 Å². The highest BCUT2D eigenvalue weighted by Crippen LogP contribution is 2.32. The van der Waals surface area contributed by atoms with Gasteiger partial charge in [-0.05, 0) is 59.0 Å². The van der Waals surface area contributed by atoms with Gasteiger partial charge in [0.1, 0.15) is 10.4 Å². The Bertz CT molecular complexity index is 483. The lowest BCUT2D eigenvalue weighted by Gasteiger charge is -2.34. The number of hydrogen-bond acceptors (Lipinski definition) is 3. The van der Waals surface area contributed by atoms with Gasteiger partial charge >= 0.3 is 0 Å². The molecule has 18 heavy (non-hydrogen) atoms. The summed E-state index contributed by atoms with van der Waals surface area (Å²) in [7, 11) is 0.